The number of aryl methyl sites for hydroxylation is 2. The number of hydrogen-bond acceptors (Lipinski definition) is 4. The number of amides is 1. The monoisotopic (exact) mass is 480 g/mol. The van der Waals surface area contributed by atoms with Crippen LogP contribution < -0.4 is 5.32 Å². The Balaban J connectivity index is 2.02. The minimum absolute atomic E-state index is 0.000201. The second-order valence-corrected chi connectivity index (χ2v) is 9.91. The summed E-state index contributed by atoms with van der Waals surface area (Å²) >= 11 is 0. The van der Waals surface area contributed by atoms with Gasteiger partial charge in [0, 0.05) is 25.7 Å². The maximum atomic E-state index is 13.1. The van der Waals surface area contributed by atoms with Gasteiger partial charge >= 0.3 is 6.18 Å². The smallest absolute Gasteiger partial charge is 0.306 e. The number of anilines is 1. The summed E-state index contributed by atoms with van der Waals surface area (Å²) in [7, 11) is -1.00. The molecule has 0 saturated heterocycles. The molecule has 0 unspecified atom stereocenters. The maximum absolute atomic E-state index is 13.1. The summed E-state index contributed by atoms with van der Waals surface area (Å²) in [6, 6.07) is 8.91. The lowest BCUT2D eigenvalue weighted by Gasteiger charge is -2.17. The lowest BCUT2D eigenvalue weighted by molar-refractivity contribution is -0.137. The molecule has 0 bridgehead atoms. The second kappa shape index (κ2) is 8.64. The van der Waals surface area contributed by atoms with Crippen molar-refractivity contribution in [3.63, 3.8) is 0 Å². The first kappa shape index (κ1) is 24.5. The summed E-state index contributed by atoms with van der Waals surface area (Å²) in [5.41, 5.74) is 0.949. The number of carbonyl (C=O) groups is 1. The Hall–Kier alpha value is -3.18. The van der Waals surface area contributed by atoms with Gasteiger partial charge in [0.05, 0.1) is 21.8 Å². The van der Waals surface area contributed by atoms with E-state index < -0.39 is 27.7 Å². The molecule has 176 valence electrons. The summed E-state index contributed by atoms with van der Waals surface area (Å²) in [5, 5.41) is 6.83. The largest absolute Gasteiger partial charge is 0.416 e. The van der Waals surface area contributed by atoms with Crippen LogP contribution in [0, 0.1) is 20.8 Å². The molecule has 0 saturated carbocycles. The zero-order chi connectivity index (χ0) is 24.7. The normalized spacial score (nSPS) is 12.3. The van der Waals surface area contributed by atoms with E-state index in [0.717, 1.165) is 16.4 Å². The van der Waals surface area contributed by atoms with E-state index in [2.05, 4.69) is 10.4 Å². The van der Waals surface area contributed by atoms with Crippen LogP contribution in [-0.2, 0) is 16.2 Å². The number of benzene rings is 2. The van der Waals surface area contributed by atoms with E-state index in [0.29, 0.717) is 16.8 Å². The molecule has 3 rings (SSSR count). The molecule has 33 heavy (non-hydrogen) atoms. The Morgan fingerprint density at radius 1 is 1.06 bits per heavy atom. The number of halogens is 3. The molecule has 0 radical (unpaired) electrons. The molecule has 0 atom stereocenters. The number of rotatable bonds is 5. The zero-order valence-electron chi connectivity index (χ0n) is 18.6. The van der Waals surface area contributed by atoms with Crippen molar-refractivity contribution in [3.05, 3.63) is 70.4 Å². The highest BCUT2D eigenvalue weighted by atomic mass is 32.2. The van der Waals surface area contributed by atoms with Gasteiger partial charge < -0.3 is 5.32 Å². The Labute approximate surface area is 189 Å². The van der Waals surface area contributed by atoms with Crippen molar-refractivity contribution in [1.82, 2.24) is 14.1 Å². The highest BCUT2D eigenvalue weighted by Gasteiger charge is 2.31. The maximum Gasteiger partial charge on any atom is 0.416 e. The average molecular weight is 481 g/mol. The third-order valence-corrected chi connectivity index (χ3v) is 7.07. The molecule has 1 aromatic heterocycles. The van der Waals surface area contributed by atoms with Gasteiger partial charge in [0.25, 0.3) is 5.91 Å². The SMILES string of the molecule is Cc1cc(NC(=O)c2cc(C)c(C)c(S(=O)(=O)N(C)C)c2)n(-c2cccc(C(F)(F)F)c2)n1. The first-order valence-electron chi connectivity index (χ1n) is 9.81. The van der Waals surface area contributed by atoms with Crippen LogP contribution >= 0.6 is 0 Å². The molecular formula is C22H23F3N4O3S. The summed E-state index contributed by atoms with van der Waals surface area (Å²) in [4.78, 5) is 13.0. The number of sulfonamides is 1. The van der Waals surface area contributed by atoms with Gasteiger partial charge in [-0.15, -0.1) is 0 Å². The van der Waals surface area contributed by atoms with Gasteiger partial charge in [0.2, 0.25) is 10.0 Å². The van der Waals surface area contributed by atoms with E-state index in [1.54, 1.807) is 26.8 Å². The molecule has 1 amide bonds. The second-order valence-electron chi connectivity index (χ2n) is 7.79. The topological polar surface area (TPSA) is 84.3 Å². The standard InChI is InChI=1S/C22H23F3N4O3S/c1-13-9-16(11-19(15(13)3)33(31,32)28(4)5)21(30)26-20-10-14(2)27-29(20)18-8-6-7-17(12-18)22(23,24)25/h6-12H,1-5H3,(H,26,30). The van der Waals surface area contributed by atoms with Crippen LogP contribution in [0.5, 0.6) is 0 Å². The van der Waals surface area contributed by atoms with Crippen LogP contribution in [-0.4, -0.2) is 42.5 Å². The lowest BCUT2D eigenvalue weighted by Crippen LogP contribution is -2.24. The molecule has 0 aliphatic rings. The number of alkyl halides is 3. The highest BCUT2D eigenvalue weighted by molar-refractivity contribution is 7.89. The van der Waals surface area contributed by atoms with E-state index in [1.165, 1.54) is 43.0 Å². The van der Waals surface area contributed by atoms with Gasteiger partial charge in [-0.05, 0) is 62.2 Å². The van der Waals surface area contributed by atoms with Crippen molar-refractivity contribution >= 4 is 21.7 Å². The van der Waals surface area contributed by atoms with Crippen molar-refractivity contribution in [3.8, 4) is 5.69 Å². The molecular weight excluding hydrogens is 457 g/mol. The van der Waals surface area contributed by atoms with Gasteiger partial charge in [-0.25, -0.2) is 17.4 Å². The quantitative estimate of drug-likeness (QED) is 0.590. The summed E-state index contributed by atoms with van der Waals surface area (Å²) in [6.45, 7) is 4.98. The Morgan fingerprint density at radius 2 is 1.73 bits per heavy atom. The molecule has 11 heteroatoms. The summed E-state index contributed by atoms with van der Waals surface area (Å²) in [6.07, 6.45) is -4.53. The van der Waals surface area contributed by atoms with Crippen LogP contribution in [0.2, 0.25) is 0 Å². The zero-order valence-corrected chi connectivity index (χ0v) is 19.5. The Bertz CT molecular complexity index is 1330. The van der Waals surface area contributed by atoms with Crippen LogP contribution in [0.15, 0.2) is 47.4 Å². The van der Waals surface area contributed by atoms with Gasteiger partial charge in [-0.2, -0.15) is 18.3 Å². The first-order valence-corrected chi connectivity index (χ1v) is 11.2. The predicted molar refractivity (Wildman–Crippen MR) is 118 cm³/mol. The number of aromatic nitrogens is 2. The third kappa shape index (κ3) is 4.93. The van der Waals surface area contributed by atoms with Gasteiger partial charge in [-0.1, -0.05) is 6.07 Å². The third-order valence-electron chi connectivity index (χ3n) is 5.13. The Morgan fingerprint density at radius 3 is 2.33 bits per heavy atom. The fraction of sp³-hybridized carbons (Fsp3) is 0.273. The first-order chi connectivity index (χ1) is 15.2. The molecule has 7 nitrogen and oxygen atoms in total. The summed E-state index contributed by atoms with van der Waals surface area (Å²) < 4.78 is 67.0. The van der Waals surface area contributed by atoms with Gasteiger partial charge in [0.15, 0.2) is 0 Å². The van der Waals surface area contributed by atoms with Crippen molar-refractivity contribution in [2.45, 2.75) is 31.8 Å². The van der Waals surface area contributed by atoms with E-state index in [-0.39, 0.29) is 22.0 Å². The van der Waals surface area contributed by atoms with E-state index >= 15 is 0 Å². The minimum atomic E-state index is -4.53. The summed E-state index contributed by atoms with van der Waals surface area (Å²) in [5.74, 6) is -0.478. The lowest BCUT2D eigenvalue weighted by atomic mass is 10.1. The van der Waals surface area contributed by atoms with Crippen LogP contribution in [0.3, 0.4) is 0 Å². The molecule has 3 aromatic rings. The van der Waals surface area contributed by atoms with Crippen LogP contribution in [0.1, 0.15) is 32.7 Å². The molecule has 1 heterocycles. The van der Waals surface area contributed by atoms with Crippen molar-refractivity contribution < 1.29 is 26.4 Å². The molecule has 0 fully saturated rings. The van der Waals surface area contributed by atoms with E-state index in [9.17, 15) is 26.4 Å². The molecule has 0 aliphatic heterocycles. The fourth-order valence-corrected chi connectivity index (χ4v) is 4.43. The highest BCUT2D eigenvalue weighted by Crippen LogP contribution is 2.31. The van der Waals surface area contributed by atoms with Gasteiger partial charge in [0.1, 0.15) is 5.82 Å². The average Bonchev–Trinajstić information content (AvgIpc) is 3.09. The molecule has 0 aliphatic carbocycles. The van der Waals surface area contributed by atoms with Crippen molar-refractivity contribution in [2.75, 3.05) is 19.4 Å². The van der Waals surface area contributed by atoms with E-state index in [4.69, 9.17) is 0 Å². The van der Waals surface area contributed by atoms with E-state index in [1.807, 2.05) is 0 Å². The number of carbonyl (C=O) groups excluding carboxylic acids is 1. The molecule has 2 aromatic carbocycles. The number of nitrogens with zero attached hydrogens (tertiary/aromatic N) is 3. The Kier molecular flexibility index (Phi) is 6.40. The van der Waals surface area contributed by atoms with Gasteiger partial charge in [-0.3, -0.25) is 4.79 Å². The molecule has 1 N–H and O–H groups in total. The molecule has 0 spiro atoms. The minimum Gasteiger partial charge on any atom is -0.306 e. The van der Waals surface area contributed by atoms with Crippen LogP contribution in [0.4, 0.5) is 19.0 Å². The van der Waals surface area contributed by atoms with Crippen LogP contribution in [0.25, 0.3) is 5.69 Å². The predicted octanol–water partition coefficient (Wildman–Crippen LogP) is 4.32. The van der Waals surface area contributed by atoms with Crippen molar-refractivity contribution in [1.29, 1.82) is 0 Å². The fourth-order valence-electron chi connectivity index (χ4n) is 3.21. The number of hydrogen-bond donors (Lipinski definition) is 1. The number of nitrogens with one attached hydrogen (secondary N) is 1. The van der Waals surface area contributed by atoms with Crippen molar-refractivity contribution in [2.24, 2.45) is 0 Å².